The molecule has 0 atom stereocenters. The monoisotopic (exact) mass is 294 g/mol. The van der Waals surface area contributed by atoms with Gasteiger partial charge in [-0.15, -0.1) is 0 Å². The number of rotatable bonds is 5. The van der Waals surface area contributed by atoms with Crippen molar-refractivity contribution in [3.8, 4) is 0 Å². The van der Waals surface area contributed by atoms with Crippen molar-refractivity contribution in [2.75, 3.05) is 19.6 Å². The van der Waals surface area contributed by atoms with Crippen LogP contribution in [0.25, 0.3) is 0 Å². The standard InChI is InChI=1S/C20H26N2/c21-14-11-17-12-15-22(16-13-17)20(18-7-3-1-4-8-18)19-9-5-2-6-10-19/h1-10,17,20H,11-16,21H2. The first-order chi connectivity index (χ1) is 10.9. The van der Waals surface area contributed by atoms with Crippen LogP contribution >= 0.6 is 0 Å². The van der Waals surface area contributed by atoms with Crippen LogP contribution in [0.15, 0.2) is 60.7 Å². The third-order valence-corrected chi connectivity index (χ3v) is 4.82. The second-order valence-corrected chi connectivity index (χ2v) is 6.28. The average Bonchev–Trinajstić information content (AvgIpc) is 2.59. The maximum atomic E-state index is 5.72. The van der Waals surface area contributed by atoms with Crippen molar-refractivity contribution in [3.05, 3.63) is 71.8 Å². The molecule has 2 aromatic rings. The molecule has 1 saturated heterocycles. The number of nitrogens with zero attached hydrogens (tertiary/aromatic N) is 1. The zero-order valence-electron chi connectivity index (χ0n) is 13.2. The number of likely N-dealkylation sites (tertiary alicyclic amines) is 1. The minimum atomic E-state index is 0.376. The fraction of sp³-hybridized carbons (Fsp3) is 0.400. The first kappa shape index (κ1) is 15.3. The molecule has 1 aliphatic heterocycles. The molecule has 2 heteroatoms. The molecule has 0 unspecified atom stereocenters. The lowest BCUT2D eigenvalue weighted by Crippen LogP contribution is -2.37. The van der Waals surface area contributed by atoms with E-state index in [0.29, 0.717) is 6.04 Å². The smallest absolute Gasteiger partial charge is 0.0601 e. The van der Waals surface area contributed by atoms with Gasteiger partial charge in [0.15, 0.2) is 0 Å². The van der Waals surface area contributed by atoms with Gasteiger partial charge in [-0.1, -0.05) is 60.7 Å². The first-order valence-corrected chi connectivity index (χ1v) is 8.42. The normalized spacial score (nSPS) is 17.0. The third-order valence-electron chi connectivity index (χ3n) is 4.82. The Kier molecular flexibility index (Phi) is 5.25. The molecule has 1 heterocycles. The van der Waals surface area contributed by atoms with Crippen molar-refractivity contribution in [2.45, 2.75) is 25.3 Å². The van der Waals surface area contributed by atoms with Crippen molar-refractivity contribution in [3.63, 3.8) is 0 Å². The molecule has 0 aromatic heterocycles. The van der Waals surface area contributed by atoms with Crippen LogP contribution in [-0.2, 0) is 0 Å². The van der Waals surface area contributed by atoms with Gasteiger partial charge < -0.3 is 5.73 Å². The Morgan fingerprint density at radius 1 is 0.864 bits per heavy atom. The average molecular weight is 294 g/mol. The van der Waals surface area contributed by atoms with Gasteiger partial charge in [0, 0.05) is 0 Å². The van der Waals surface area contributed by atoms with E-state index in [2.05, 4.69) is 65.6 Å². The number of hydrogen-bond donors (Lipinski definition) is 1. The lowest BCUT2D eigenvalue weighted by atomic mass is 9.90. The minimum absolute atomic E-state index is 0.376. The predicted octanol–water partition coefficient (Wildman–Crippen LogP) is 3.84. The maximum absolute atomic E-state index is 5.72. The molecule has 3 rings (SSSR count). The molecule has 0 bridgehead atoms. The molecular weight excluding hydrogens is 268 g/mol. The summed E-state index contributed by atoms with van der Waals surface area (Å²) in [5.41, 5.74) is 8.51. The van der Waals surface area contributed by atoms with Gasteiger partial charge in [0.25, 0.3) is 0 Å². The lowest BCUT2D eigenvalue weighted by molar-refractivity contribution is 0.148. The van der Waals surface area contributed by atoms with Crippen molar-refractivity contribution in [1.82, 2.24) is 4.90 Å². The van der Waals surface area contributed by atoms with Crippen LogP contribution in [0.2, 0.25) is 0 Å². The van der Waals surface area contributed by atoms with Crippen molar-refractivity contribution in [1.29, 1.82) is 0 Å². The molecule has 0 saturated carbocycles. The van der Waals surface area contributed by atoms with Gasteiger partial charge in [0.2, 0.25) is 0 Å². The van der Waals surface area contributed by atoms with Crippen LogP contribution in [0.1, 0.15) is 36.4 Å². The summed E-state index contributed by atoms with van der Waals surface area (Å²) in [6.45, 7) is 3.16. The fourth-order valence-corrected chi connectivity index (χ4v) is 3.62. The molecule has 2 aromatic carbocycles. The van der Waals surface area contributed by atoms with Gasteiger partial charge in [0.05, 0.1) is 6.04 Å². The molecular formula is C20H26N2. The highest BCUT2D eigenvalue weighted by Crippen LogP contribution is 2.32. The largest absolute Gasteiger partial charge is 0.330 e. The maximum Gasteiger partial charge on any atom is 0.0601 e. The highest BCUT2D eigenvalue weighted by atomic mass is 15.2. The van der Waals surface area contributed by atoms with Gasteiger partial charge in [-0.05, 0) is 55.9 Å². The molecule has 0 aliphatic carbocycles. The van der Waals surface area contributed by atoms with Crippen molar-refractivity contribution < 1.29 is 0 Å². The van der Waals surface area contributed by atoms with Crippen LogP contribution in [0.5, 0.6) is 0 Å². The van der Waals surface area contributed by atoms with E-state index >= 15 is 0 Å². The van der Waals surface area contributed by atoms with Crippen LogP contribution in [0, 0.1) is 5.92 Å². The second kappa shape index (κ2) is 7.57. The lowest BCUT2D eigenvalue weighted by Gasteiger charge is -2.38. The van der Waals surface area contributed by atoms with E-state index in [9.17, 15) is 0 Å². The summed E-state index contributed by atoms with van der Waals surface area (Å²) in [4.78, 5) is 2.64. The molecule has 116 valence electrons. The summed E-state index contributed by atoms with van der Waals surface area (Å²) in [6, 6.07) is 22.2. The molecule has 22 heavy (non-hydrogen) atoms. The molecule has 0 radical (unpaired) electrons. The highest BCUT2D eigenvalue weighted by Gasteiger charge is 2.26. The molecule has 0 spiro atoms. The summed E-state index contributed by atoms with van der Waals surface area (Å²) in [5, 5.41) is 0. The molecule has 2 nitrogen and oxygen atoms in total. The summed E-state index contributed by atoms with van der Waals surface area (Å²) in [6.07, 6.45) is 3.72. The van der Waals surface area contributed by atoms with Crippen molar-refractivity contribution in [2.24, 2.45) is 11.7 Å². The van der Waals surface area contributed by atoms with E-state index in [1.165, 1.54) is 43.5 Å². The Morgan fingerprint density at radius 3 is 1.82 bits per heavy atom. The Balaban J connectivity index is 1.81. The molecule has 1 aliphatic rings. The summed E-state index contributed by atoms with van der Waals surface area (Å²) in [7, 11) is 0. The van der Waals surface area contributed by atoms with Gasteiger partial charge in [-0.3, -0.25) is 4.90 Å². The van der Waals surface area contributed by atoms with Crippen molar-refractivity contribution >= 4 is 0 Å². The van der Waals surface area contributed by atoms with Gasteiger partial charge >= 0.3 is 0 Å². The topological polar surface area (TPSA) is 29.3 Å². The van der Waals surface area contributed by atoms with Gasteiger partial charge in [0.1, 0.15) is 0 Å². The number of hydrogen-bond acceptors (Lipinski definition) is 2. The van der Waals surface area contributed by atoms with Crippen LogP contribution < -0.4 is 5.73 Å². The van der Waals surface area contributed by atoms with Crippen LogP contribution in [-0.4, -0.2) is 24.5 Å². The van der Waals surface area contributed by atoms with Gasteiger partial charge in [-0.25, -0.2) is 0 Å². The Labute approximate surface area is 134 Å². The molecule has 1 fully saturated rings. The summed E-state index contributed by atoms with van der Waals surface area (Å²) in [5.74, 6) is 0.813. The number of benzene rings is 2. The zero-order chi connectivity index (χ0) is 15.2. The summed E-state index contributed by atoms with van der Waals surface area (Å²) < 4.78 is 0. The number of piperidine rings is 1. The molecule has 2 N–H and O–H groups in total. The van der Waals surface area contributed by atoms with Crippen LogP contribution in [0.3, 0.4) is 0 Å². The first-order valence-electron chi connectivity index (χ1n) is 8.42. The minimum Gasteiger partial charge on any atom is -0.330 e. The Bertz CT molecular complexity index is 505. The number of nitrogens with two attached hydrogens (primary N) is 1. The molecule has 0 amide bonds. The Hall–Kier alpha value is -1.64. The highest BCUT2D eigenvalue weighted by molar-refractivity contribution is 5.31. The quantitative estimate of drug-likeness (QED) is 0.908. The zero-order valence-corrected chi connectivity index (χ0v) is 13.2. The SMILES string of the molecule is NCCC1CCN(C(c2ccccc2)c2ccccc2)CC1. The van der Waals surface area contributed by atoms with E-state index in [0.717, 1.165) is 12.5 Å². The van der Waals surface area contributed by atoms with E-state index in [-0.39, 0.29) is 0 Å². The fourth-order valence-electron chi connectivity index (χ4n) is 3.62. The Morgan fingerprint density at radius 2 is 1.36 bits per heavy atom. The van der Waals surface area contributed by atoms with E-state index < -0.39 is 0 Å². The van der Waals surface area contributed by atoms with Crippen LogP contribution in [0.4, 0.5) is 0 Å². The van der Waals surface area contributed by atoms with E-state index in [1.807, 2.05) is 0 Å². The predicted molar refractivity (Wildman–Crippen MR) is 92.7 cm³/mol. The summed E-state index contributed by atoms with van der Waals surface area (Å²) >= 11 is 0. The van der Waals surface area contributed by atoms with E-state index in [4.69, 9.17) is 5.73 Å². The second-order valence-electron chi connectivity index (χ2n) is 6.28. The third kappa shape index (κ3) is 3.57. The van der Waals surface area contributed by atoms with Gasteiger partial charge in [-0.2, -0.15) is 0 Å². The van der Waals surface area contributed by atoms with E-state index in [1.54, 1.807) is 0 Å².